The SMILES string of the molecule is CCOC(=O)c1nnn(-c2ccccc2)c1C(OCC)OCC. The first-order valence-corrected chi connectivity index (χ1v) is 7.64. The van der Waals surface area contributed by atoms with Crippen molar-refractivity contribution in [3.8, 4) is 5.69 Å². The summed E-state index contributed by atoms with van der Waals surface area (Å²) in [5.74, 6) is -0.547. The van der Waals surface area contributed by atoms with Crippen LogP contribution in [0.5, 0.6) is 0 Å². The van der Waals surface area contributed by atoms with Crippen LogP contribution in [-0.4, -0.2) is 40.8 Å². The van der Waals surface area contributed by atoms with Gasteiger partial charge in [-0.2, -0.15) is 0 Å². The predicted octanol–water partition coefficient (Wildman–Crippen LogP) is 2.52. The van der Waals surface area contributed by atoms with Gasteiger partial charge >= 0.3 is 5.97 Å². The van der Waals surface area contributed by atoms with Crippen LogP contribution in [0.15, 0.2) is 30.3 Å². The summed E-state index contributed by atoms with van der Waals surface area (Å²) < 4.78 is 17.9. The van der Waals surface area contributed by atoms with Crippen LogP contribution in [0.4, 0.5) is 0 Å². The number of hydrogen-bond acceptors (Lipinski definition) is 6. The van der Waals surface area contributed by atoms with Crippen molar-refractivity contribution in [3.05, 3.63) is 41.7 Å². The van der Waals surface area contributed by atoms with Crippen LogP contribution in [0.2, 0.25) is 0 Å². The highest BCUT2D eigenvalue weighted by molar-refractivity contribution is 5.88. The summed E-state index contributed by atoms with van der Waals surface area (Å²) in [7, 11) is 0. The van der Waals surface area contributed by atoms with Gasteiger partial charge in [0.2, 0.25) is 6.29 Å². The van der Waals surface area contributed by atoms with Gasteiger partial charge in [-0.15, -0.1) is 5.10 Å². The highest BCUT2D eigenvalue weighted by Crippen LogP contribution is 2.25. The molecule has 0 saturated carbocycles. The molecule has 1 heterocycles. The van der Waals surface area contributed by atoms with Crippen molar-refractivity contribution in [1.29, 1.82) is 0 Å². The number of rotatable bonds is 8. The van der Waals surface area contributed by atoms with Gasteiger partial charge in [-0.25, -0.2) is 9.48 Å². The number of carbonyl (C=O) groups is 1. The first-order chi connectivity index (χ1) is 11.2. The average molecular weight is 319 g/mol. The molecule has 0 N–H and O–H groups in total. The van der Waals surface area contributed by atoms with E-state index in [0.29, 0.717) is 18.9 Å². The standard InChI is InChI=1S/C16H21N3O4/c1-4-21-15(20)13-14(16(22-5-2)23-6-3)19(18-17-13)12-10-8-7-9-11-12/h7-11,16H,4-6H2,1-3H3. The number of carbonyl (C=O) groups excluding carboxylic acids is 1. The molecular formula is C16H21N3O4. The van der Waals surface area contributed by atoms with Crippen molar-refractivity contribution in [2.75, 3.05) is 19.8 Å². The molecule has 23 heavy (non-hydrogen) atoms. The van der Waals surface area contributed by atoms with Crippen LogP contribution in [-0.2, 0) is 14.2 Å². The maximum absolute atomic E-state index is 12.2. The minimum atomic E-state index is -0.750. The molecule has 1 aromatic carbocycles. The van der Waals surface area contributed by atoms with Gasteiger partial charge in [-0.3, -0.25) is 0 Å². The lowest BCUT2D eigenvalue weighted by Crippen LogP contribution is -2.18. The lowest BCUT2D eigenvalue weighted by molar-refractivity contribution is -0.144. The lowest BCUT2D eigenvalue weighted by atomic mass is 10.2. The zero-order valence-corrected chi connectivity index (χ0v) is 13.6. The Kier molecular flexibility index (Phi) is 6.25. The highest BCUT2D eigenvalue weighted by Gasteiger charge is 2.29. The van der Waals surface area contributed by atoms with Gasteiger partial charge in [-0.1, -0.05) is 23.4 Å². The van der Waals surface area contributed by atoms with E-state index in [1.165, 1.54) is 0 Å². The van der Waals surface area contributed by atoms with Crippen molar-refractivity contribution >= 4 is 5.97 Å². The Balaban J connectivity index is 2.52. The van der Waals surface area contributed by atoms with E-state index in [-0.39, 0.29) is 12.3 Å². The number of nitrogens with zero attached hydrogens (tertiary/aromatic N) is 3. The molecule has 1 aromatic heterocycles. The molecule has 0 aliphatic rings. The van der Waals surface area contributed by atoms with E-state index in [1.807, 2.05) is 44.2 Å². The van der Waals surface area contributed by atoms with Crippen molar-refractivity contribution in [3.63, 3.8) is 0 Å². The maximum Gasteiger partial charge on any atom is 0.361 e. The van der Waals surface area contributed by atoms with Crippen molar-refractivity contribution in [2.45, 2.75) is 27.1 Å². The highest BCUT2D eigenvalue weighted by atomic mass is 16.7. The summed E-state index contributed by atoms with van der Waals surface area (Å²) in [6.45, 7) is 6.55. The van der Waals surface area contributed by atoms with Gasteiger partial charge in [0.1, 0.15) is 5.69 Å². The van der Waals surface area contributed by atoms with Gasteiger partial charge in [0.25, 0.3) is 0 Å². The van der Waals surface area contributed by atoms with E-state index >= 15 is 0 Å². The Morgan fingerprint density at radius 3 is 2.30 bits per heavy atom. The third-order valence-electron chi connectivity index (χ3n) is 3.03. The second-order valence-electron chi connectivity index (χ2n) is 4.53. The number of ether oxygens (including phenoxy) is 3. The van der Waals surface area contributed by atoms with Crippen LogP contribution in [0.3, 0.4) is 0 Å². The minimum Gasteiger partial charge on any atom is -0.461 e. The molecule has 7 nitrogen and oxygen atoms in total. The van der Waals surface area contributed by atoms with Crippen LogP contribution in [0, 0.1) is 0 Å². The lowest BCUT2D eigenvalue weighted by Gasteiger charge is -2.18. The van der Waals surface area contributed by atoms with Gasteiger partial charge in [-0.05, 0) is 32.9 Å². The third-order valence-corrected chi connectivity index (χ3v) is 3.03. The Morgan fingerprint density at radius 1 is 1.09 bits per heavy atom. The van der Waals surface area contributed by atoms with Crippen LogP contribution >= 0.6 is 0 Å². The molecule has 0 atom stereocenters. The maximum atomic E-state index is 12.2. The molecule has 0 radical (unpaired) electrons. The molecule has 0 saturated heterocycles. The number of hydrogen-bond donors (Lipinski definition) is 0. The third kappa shape index (κ3) is 3.94. The van der Waals surface area contributed by atoms with Crippen molar-refractivity contribution in [1.82, 2.24) is 15.0 Å². The molecule has 0 spiro atoms. The van der Waals surface area contributed by atoms with Crippen LogP contribution in [0.1, 0.15) is 43.2 Å². The van der Waals surface area contributed by atoms with E-state index in [4.69, 9.17) is 14.2 Å². The number of benzene rings is 1. The molecule has 2 aromatic rings. The Morgan fingerprint density at radius 2 is 1.74 bits per heavy atom. The zero-order chi connectivity index (χ0) is 16.7. The molecule has 2 rings (SSSR count). The topological polar surface area (TPSA) is 75.5 Å². The zero-order valence-electron chi connectivity index (χ0n) is 13.6. The summed E-state index contributed by atoms with van der Waals surface area (Å²) in [6, 6.07) is 9.38. The summed E-state index contributed by atoms with van der Waals surface area (Å²) in [5.41, 5.74) is 1.29. The van der Waals surface area contributed by atoms with E-state index in [9.17, 15) is 4.79 Å². The smallest absolute Gasteiger partial charge is 0.361 e. The van der Waals surface area contributed by atoms with Crippen LogP contribution < -0.4 is 0 Å². The largest absolute Gasteiger partial charge is 0.461 e. The summed E-state index contributed by atoms with van der Waals surface area (Å²) >= 11 is 0. The fourth-order valence-corrected chi connectivity index (χ4v) is 2.11. The second kappa shape index (κ2) is 8.40. The first kappa shape index (κ1) is 17.1. The summed E-state index contributed by atoms with van der Waals surface area (Å²) in [4.78, 5) is 12.2. The van der Waals surface area contributed by atoms with E-state index in [1.54, 1.807) is 11.6 Å². The van der Waals surface area contributed by atoms with Crippen molar-refractivity contribution in [2.24, 2.45) is 0 Å². The van der Waals surface area contributed by atoms with Crippen molar-refractivity contribution < 1.29 is 19.0 Å². The average Bonchev–Trinajstić information content (AvgIpc) is 3.00. The first-order valence-electron chi connectivity index (χ1n) is 7.64. The second-order valence-corrected chi connectivity index (χ2v) is 4.53. The fraction of sp³-hybridized carbons (Fsp3) is 0.438. The van der Waals surface area contributed by atoms with E-state index < -0.39 is 12.3 Å². The molecule has 0 aliphatic heterocycles. The monoisotopic (exact) mass is 319 g/mol. The predicted molar refractivity (Wildman–Crippen MR) is 83.3 cm³/mol. The molecule has 0 fully saturated rings. The molecule has 0 aliphatic carbocycles. The summed E-state index contributed by atoms with van der Waals surface area (Å²) in [6.07, 6.45) is -0.750. The van der Waals surface area contributed by atoms with E-state index in [0.717, 1.165) is 5.69 Å². The molecular weight excluding hydrogens is 298 g/mol. The van der Waals surface area contributed by atoms with Gasteiger partial charge < -0.3 is 14.2 Å². The normalized spacial score (nSPS) is 11.0. The molecule has 0 unspecified atom stereocenters. The van der Waals surface area contributed by atoms with Crippen LogP contribution in [0.25, 0.3) is 5.69 Å². The molecule has 0 bridgehead atoms. The number of para-hydroxylation sites is 1. The Hall–Kier alpha value is -2.25. The Bertz CT molecular complexity index is 622. The van der Waals surface area contributed by atoms with Gasteiger partial charge in [0, 0.05) is 13.2 Å². The number of aromatic nitrogens is 3. The van der Waals surface area contributed by atoms with E-state index in [2.05, 4.69) is 10.3 Å². The van der Waals surface area contributed by atoms with Gasteiger partial charge in [0.05, 0.1) is 12.3 Å². The number of esters is 1. The van der Waals surface area contributed by atoms with Gasteiger partial charge in [0.15, 0.2) is 5.69 Å². The molecule has 0 amide bonds. The molecule has 124 valence electrons. The quantitative estimate of drug-likeness (QED) is 0.550. The molecule has 7 heteroatoms. The summed E-state index contributed by atoms with van der Waals surface area (Å²) in [5, 5.41) is 8.06. The Labute approximate surface area is 135 Å². The fourth-order valence-electron chi connectivity index (χ4n) is 2.11. The minimum absolute atomic E-state index is 0.0996.